The van der Waals surface area contributed by atoms with Gasteiger partial charge in [-0.3, -0.25) is 14.9 Å². The number of rotatable bonds is 3. The summed E-state index contributed by atoms with van der Waals surface area (Å²) < 4.78 is 0. The van der Waals surface area contributed by atoms with Crippen LogP contribution in [0.1, 0.15) is 28.9 Å². The lowest BCUT2D eigenvalue weighted by molar-refractivity contribution is -0.380. The number of piperidine rings is 1. The first-order chi connectivity index (χ1) is 8.63. The molecular weight excluding hydrogens is 256 g/mol. The number of hydrogen-bond donors (Lipinski definition) is 1. The van der Waals surface area contributed by atoms with Gasteiger partial charge in [-0.05, 0) is 25.3 Å². The maximum absolute atomic E-state index is 12.2. The molecule has 7 heteroatoms. The zero-order valence-corrected chi connectivity index (χ0v) is 10.6. The van der Waals surface area contributed by atoms with E-state index in [1.807, 2.05) is 0 Å². The Morgan fingerprint density at radius 3 is 2.94 bits per heavy atom. The molecule has 1 fully saturated rings. The minimum absolute atomic E-state index is 0.0316. The van der Waals surface area contributed by atoms with Crippen molar-refractivity contribution in [2.24, 2.45) is 0 Å². The van der Waals surface area contributed by atoms with Crippen molar-refractivity contribution in [3.8, 4) is 0 Å². The molecule has 1 atom stereocenters. The lowest BCUT2D eigenvalue weighted by Gasteiger charge is -2.34. The van der Waals surface area contributed by atoms with Gasteiger partial charge in [0.2, 0.25) is 0 Å². The van der Waals surface area contributed by atoms with Crippen LogP contribution in [-0.2, 0) is 0 Å². The fourth-order valence-corrected chi connectivity index (χ4v) is 2.92. The lowest BCUT2D eigenvalue weighted by atomic mass is 10.0. The van der Waals surface area contributed by atoms with E-state index in [1.165, 1.54) is 12.1 Å². The molecular formula is C11H14N2O4S. The van der Waals surface area contributed by atoms with E-state index >= 15 is 0 Å². The molecule has 1 aromatic rings. The Labute approximate surface area is 108 Å². The summed E-state index contributed by atoms with van der Waals surface area (Å²) in [5.41, 5.74) is 0. The normalized spacial score (nSPS) is 19.8. The van der Waals surface area contributed by atoms with Gasteiger partial charge in [0.05, 0.1) is 22.4 Å². The molecule has 1 unspecified atom stereocenters. The molecule has 98 valence electrons. The van der Waals surface area contributed by atoms with Crippen LogP contribution in [0.3, 0.4) is 0 Å². The van der Waals surface area contributed by atoms with E-state index in [9.17, 15) is 20.0 Å². The molecule has 1 aromatic heterocycles. The molecule has 1 aliphatic heterocycles. The molecule has 6 nitrogen and oxygen atoms in total. The molecule has 18 heavy (non-hydrogen) atoms. The number of likely N-dealkylation sites (tertiary alicyclic amines) is 1. The van der Waals surface area contributed by atoms with Crippen LogP contribution in [0.4, 0.5) is 5.00 Å². The highest BCUT2D eigenvalue weighted by atomic mass is 32.1. The minimum atomic E-state index is -0.499. The van der Waals surface area contributed by atoms with Crippen molar-refractivity contribution >= 4 is 22.2 Å². The molecule has 2 heterocycles. The lowest BCUT2D eigenvalue weighted by Crippen LogP contribution is -2.45. The summed E-state index contributed by atoms with van der Waals surface area (Å²) in [6.45, 7) is 0.551. The van der Waals surface area contributed by atoms with Crippen LogP contribution in [0.5, 0.6) is 0 Å². The third-order valence-corrected chi connectivity index (χ3v) is 4.11. The van der Waals surface area contributed by atoms with Gasteiger partial charge in [-0.15, -0.1) is 0 Å². The monoisotopic (exact) mass is 270 g/mol. The Hall–Kier alpha value is -1.47. The number of aliphatic hydroxyl groups is 1. The third kappa shape index (κ3) is 2.51. The van der Waals surface area contributed by atoms with Crippen LogP contribution < -0.4 is 0 Å². The molecule has 1 aliphatic rings. The molecule has 0 aromatic carbocycles. The van der Waals surface area contributed by atoms with E-state index in [0.717, 1.165) is 30.6 Å². The number of amides is 1. The first-order valence-electron chi connectivity index (χ1n) is 5.79. The first kappa shape index (κ1) is 13.0. The van der Waals surface area contributed by atoms with E-state index < -0.39 is 4.92 Å². The van der Waals surface area contributed by atoms with Gasteiger partial charge < -0.3 is 10.0 Å². The van der Waals surface area contributed by atoms with Gasteiger partial charge in [0.1, 0.15) is 0 Å². The van der Waals surface area contributed by atoms with E-state index in [-0.39, 0.29) is 23.6 Å². The fourth-order valence-electron chi connectivity index (χ4n) is 2.14. The van der Waals surface area contributed by atoms with Crippen LogP contribution >= 0.6 is 11.3 Å². The Morgan fingerprint density at radius 1 is 1.56 bits per heavy atom. The number of carbonyl (C=O) groups excluding carboxylic acids is 1. The smallest absolute Gasteiger partial charge is 0.324 e. The Balaban J connectivity index is 2.15. The largest absolute Gasteiger partial charge is 0.394 e. The Bertz CT molecular complexity index is 460. The van der Waals surface area contributed by atoms with Gasteiger partial charge >= 0.3 is 5.00 Å². The minimum Gasteiger partial charge on any atom is -0.394 e. The molecule has 1 N–H and O–H groups in total. The van der Waals surface area contributed by atoms with E-state index in [1.54, 1.807) is 4.90 Å². The van der Waals surface area contributed by atoms with Gasteiger partial charge in [0.25, 0.3) is 5.91 Å². The molecule has 2 rings (SSSR count). The van der Waals surface area contributed by atoms with Crippen LogP contribution in [-0.4, -0.2) is 40.0 Å². The zero-order valence-electron chi connectivity index (χ0n) is 9.74. The number of aliphatic hydroxyl groups excluding tert-OH is 1. The highest BCUT2D eigenvalue weighted by molar-refractivity contribution is 7.17. The van der Waals surface area contributed by atoms with Crippen LogP contribution in [0, 0.1) is 10.1 Å². The molecule has 0 spiro atoms. The molecule has 0 radical (unpaired) electrons. The van der Waals surface area contributed by atoms with Gasteiger partial charge in [-0.25, -0.2) is 0 Å². The average Bonchev–Trinajstić information content (AvgIpc) is 2.87. The van der Waals surface area contributed by atoms with Gasteiger partial charge in [0, 0.05) is 12.6 Å². The van der Waals surface area contributed by atoms with Crippen LogP contribution in [0.15, 0.2) is 12.1 Å². The average molecular weight is 270 g/mol. The SMILES string of the molecule is O=C(c1ccc([N+](=O)[O-])s1)N1CCCCC1CO. The summed E-state index contributed by atoms with van der Waals surface area (Å²) in [4.78, 5) is 24.3. The van der Waals surface area contributed by atoms with Crippen molar-refractivity contribution < 1.29 is 14.8 Å². The van der Waals surface area contributed by atoms with Gasteiger partial charge in [0.15, 0.2) is 0 Å². The van der Waals surface area contributed by atoms with Crippen molar-refractivity contribution in [1.29, 1.82) is 0 Å². The molecule has 1 amide bonds. The second-order valence-corrected chi connectivity index (χ2v) is 5.29. The fraction of sp³-hybridized carbons (Fsp3) is 0.545. The second kappa shape index (κ2) is 5.45. The van der Waals surface area contributed by atoms with Crippen molar-refractivity contribution in [2.45, 2.75) is 25.3 Å². The molecule has 0 aliphatic carbocycles. The van der Waals surface area contributed by atoms with Crippen LogP contribution in [0.25, 0.3) is 0 Å². The van der Waals surface area contributed by atoms with E-state index in [0.29, 0.717) is 11.4 Å². The topological polar surface area (TPSA) is 83.7 Å². The summed E-state index contributed by atoms with van der Waals surface area (Å²) in [6, 6.07) is 2.66. The summed E-state index contributed by atoms with van der Waals surface area (Å²) in [6.07, 6.45) is 2.70. The highest BCUT2D eigenvalue weighted by Crippen LogP contribution is 2.27. The molecule has 0 bridgehead atoms. The Kier molecular flexibility index (Phi) is 3.93. The molecule has 0 saturated carbocycles. The van der Waals surface area contributed by atoms with Crippen molar-refractivity contribution in [3.05, 3.63) is 27.1 Å². The predicted molar refractivity (Wildman–Crippen MR) is 66.7 cm³/mol. The van der Waals surface area contributed by atoms with Crippen molar-refractivity contribution in [1.82, 2.24) is 4.90 Å². The highest BCUT2D eigenvalue weighted by Gasteiger charge is 2.28. The number of nitrogens with zero attached hydrogens (tertiary/aromatic N) is 2. The van der Waals surface area contributed by atoms with Gasteiger partial charge in [-0.1, -0.05) is 11.3 Å². The number of carbonyl (C=O) groups is 1. The van der Waals surface area contributed by atoms with Crippen molar-refractivity contribution in [3.63, 3.8) is 0 Å². The standard InChI is InChI=1S/C11H14N2O4S/c14-7-8-3-1-2-6-12(8)11(15)9-4-5-10(18-9)13(16)17/h4-5,8,14H,1-3,6-7H2. The summed E-state index contributed by atoms with van der Waals surface area (Å²) in [5, 5.41) is 19.8. The molecule has 1 saturated heterocycles. The summed E-state index contributed by atoms with van der Waals surface area (Å²) >= 11 is 0.883. The summed E-state index contributed by atoms with van der Waals surface area (Å²) in [7, 11) is 0. The second-order valence-electron chi connectivity index (χ2n) is 4.23. The number of thiophene rings is 1. The van der Waals surface area contributed by atoms with Crippen LogP contribution in [0.2, 0.25) is 0 Å². The Morgan fingerprint density at radius 2 is 2.33 bits per heavy atom. The maximum atomic E-state index is 12.2. The third-order valence-electron chi connectivity index (χ3n) is 3.08. The first-order valence-corrected chi connectivity index (χ1v) is 6.61. The number of hydrogen-bond acceptors (Lipinski definition) is 5. The maximum Gasteiger partial charge on any atom is 0.324 e. The van der Waals surface area contributed by atoms with Crippen molar-refractivity contribution in [2.75, 3.05) is 13.2 Å². The zero-order chi connectivity index (χ0) is 13.1. The number of nitro groups is 1. The summed E-state index contributed by atoms with van der Waals surface area (Å²) in [5.74, 6) is -0.216. The predicted octanol–water partition coefficient (Wildman–Crippen LogP) is 1.64. The van der Waals surface area contributed by atoms with E-state index in [4.69, 9.17) is 0 Å². The van der Waals surface area contributed by atoms with Gasteiger partial charge in [-0.2, -0.15) is 0 Å². The quantitative estimate of drug-likeness (QED) is 0.668. The van der Waals surface area contributed by atoms with E-state index in [2.05, 4.69) is 0 Å².